The van der Waals surface area contributed by atoms with E-state index in [2.05, 4.69) is 15.3 Å². The summed E-state index contributed by atoms with van der Waals surface area (Å²) in [7, 11) is 1.63. The number of nitrogens with one attached hydrogen (secondary N) is 1. The van der Waals surface area contributed by atoms with Gasteiger partial charge in [-0.2, -0.15) is 0 Å². The molecule has 1 aliphatic heterocycles. The number of rotatable bonds is 4. The van der Waals surface area contributed by atoms with Gasteiger partial charge < -0.3 is 20.7 Å². The second kappa shape index (κ2) is 7.60. The number of methoxy groups -OCH3 is 1. The first-order chi connectivity index (χ1) is 12.8. The minimum absolute atomic E-state index is 0.0529. The Balaban J connectivity index is 2.05. The lowest BCUT2D eigenvalue weighted by Gasteiger charge is -2.18. The number of benzene rings is 1. The number of halogens is 1. The molecule has 1 aliphatic rings. The number of hydrogen-bond acceptors (Lipinski definition) is 5. The van der Waals surface area contributed by atoms with E-state index in [0.717, 1.165) is 34.6 Å². The molecular weight excluding hydrogens is 366 g/mol. The van der Waals surface area contributed by atoms with Crippen molar-refractivity contribution in [2.24, 2.45) is 0 Å². The van der Waals surface area contributed by atoms with Gasteiger partial charge in [-0.15, -0.1) is 0 Å². The van der Waals surface area contributed by atoms with E-state index < -0.39 is 0 Å². The van der Waals surface area contributed by atoms with E-state index in [1.165, 1.54) is 0 Å². The van der Waals surface area contributed by atoms with Crippen LogP contribution in [0.25, 0.3) is 11.3 Å². The van der Waals surface area contributed by atoms with E-state index in [1.807, 2.05) is 32.9 Å². The lowest BCUT2D eigenvalue weighted by Crippen LogP contribution is -2.40. The topological polar surface area (TPSA) is 93.4 Å². The van der Waals surface area contributed by atoms with Crippen molar-refractivity contribution < 1.29 is 9.53 Å². The van der Waals surface area contributed by atoms with E-state index in [0.29, 0.717) is 23.8 Å². The molecule has 7 nitrogen and oxygen atoms in total. The van der Waals surface area contributed by atoms with Crippen LogP contribution < -0.4 is 15.8 Å². The first kappa shape index (κ1) is 19.2. The van der Waals surface area contributed by atoms with Crippen LogP contribution >= 0.6 is 11.6 Å². The lowest BCUT2D eigenvalue weighted by molar-refractivity contribution is 0.195. The Labute approximate surface area is 163 Å². The number of nitrogens with zero attached hydrogens (tertiary/aromatic N) is 3. The molecule has 2 heterocycles. The fourth-order valence-electron chi connectivity index (χ4n) is 3.22. The molecule has 1 aromatic carbocycles. The zero-order valence-corrected chi connectivity index (χ0v) is 16.7. The smallest absolute Gasteiger partial charge is 0.318 e. The number of nitrogen functional groups attached to an aromatic ring is 1. The standard InChI is InChI=1S/C19H24ClN5O2/c1-5-11-6-14(20)12(7-16(11)27-4)17-13-8-25(19(26)22-10(2)3)9-15(13)23-18(21)24-17/h6-7,10H,5,8-9H2,1-4H3,(H,22,26)(H2,21,23,24). The summed E-state index contributed by atoms with van der Waals surface area (Å²) in [5, 5.41) is 3.47. The van der Waals surface area contributed by atoms with Gasteiger partial charge in [0.05, 0.1) is 36.6 Å². The van der Waals surface area contributed by atoms with Crippen LogP contribution in [0, 0.1) is 0 Å². The highest BCUT2D eigenvalue weighted by Gasteiger charge is 2.29. The molecule has 27 heavy (non-hydrogen) atoms. The first-order valence-electron chi connectivity index (χ1n) is 8.91. The number of carbonyl (C=O) groups is 1. The molecule has 0 bridgehead atoms. The van der Waals surface area contributed by atoms with Crippen molar-refractivity contribution in [1.29, 1.82) is 0 Å². The third-order valence-corrected chi connectivity index (χ3v) is 4.82. The number of amides is 2. The minimum Gasteiger partial charge on any atom is -0.496 e. The number of hydrogen-bond donors (Lipinski definition) is 2. The first-order valence-corrected chi connectivity index (χ1v) is 9.29. The van der Waals surface area contributed by atoms with Gasteiger partial charge in [0.1, 0.15) is 5.75 Å². The molecule has 0 atom stereocenters. The lowest BCUT2D eigenvalue weighted by atomic mass is 10.0. The summed E-state index contributed by atoms with van der Waals surface area (Å²) in [6.45, 7) is 6.67. The van der Waals surface area contributed by atoms with Gasteiger partial charge in [0.2, 0.25) is 5.95 Å². The summed E-state index contributed by atoms with van der Waals surface area (Å²) in [6, 6.07) is 3.67. The molecule has 0 radical (unpaired) electrons. The van der Waals surface area contributed by atoms with Crippen LogP contribution in [-0.4, -0.2) is 34.1 Å². The van der Waals surface area contributed by atoms with Crippen molar-refractivity contribution >= 4 is 23.6 Å². The summed E-state index contributed by atoms with van der Waals surface area (Å²) in [4.78, 5) is 22.8. The molecule has 144 valence electrons. The van der Waals surface area contributed by atoms with Gasteiger partial charge in [0.15, 0.2) is 0 Å². The maximum atomic E-state index is 12.4. The summed E-state index contributed by atoms with van der Waals surface area (Å²) < 4.78 is 5.50. The molecule has 0 saturated carbocycles. The van der Waals surface area contributed by atoms with Gasteiger partial charge in [0, 0.05) is 17.2 Å². The number of aromatic nitrogens is 2. The maximum Gasteiger partial charge on any atom is 0.318 e. The average molecular weight is 390 g/mol. The fraction of sp³-hybridized carbons (Fsp3) is 0.421. The Morgan fingerprint density at radius 2 is 2.11 bits per heavy atom. The molecule has 0 spiro atoms. The van der Waals surface area contributed by atoms with Gasteiger partial charge >= 0.3 is 6.03 Å². The zero-order chi connectivity index (χ0) is 19.7. The Bertz CT molecular complexity index is 885. The van der Waals surface area contributed by atoms with Crippen LogP contribution in [0.1, 0.15) is 37.6 Å². The summed E-state index contributed by atoms with van der Waals surface area (Å²) in [5.74, 6) is 0.903. The number of aryl methyl sites for hydroxylation is 1. The maximum absolute atomic E-state index is 12.4. The number of nitrogens with two attached hydrogens (primary N) is 1. The highest BCUT2D eigenvalue weighted by molar-refractivity contribution is 6.33. The molecule has 0 fully saturated rings. The van der Waals surface area contributed by atoms with Crippen molar-refractivity contribution in [2.75, 3.05) is 12.8 Å². The molecular formula is C19H24ClN5O2. The van der Waals surface area contributed by atoms with Crippen LogP contribution in [0.4, 0.5) is 10.7 Å². The molecule has 8 heteroatoms. The van der Waals surface area contributed by atoms with E-state index in [9.17, 15) is 4.79 Å². The van der Waals surface area contributed by atoms with Crippen LogP contribution in [0.5, 0.6) is 5.75 Å². The Morgan fingerprint density at radius 1 is 1.37 bits per heavy atom. The molecule has 2 aromatic rings. The Hall–Kier alpha value is -2.54. The number of fused-ring (bicyclic) bond motifs is 1. The molecule has 1 aromatic heterocycles. The van der Waals surface area contributed by atoms with E-state index in [1.54, 1.807) is 12.0 Å². The van der Waals surface area contributed by atoms with Crippen LogP contribution in [0.15, 0.2) is 12.1 Å². The summed E-state index contributed by atoms with van der Waals surface area (Å²) in [5.41, 5.74) is 9.91. The third kappa shape index (κ3) is 3.78. The largest absolute Gasteiger partial charge is 0.496 e. The third-order valence-electron chi connectivity index (χ3n) is 4.51. The van der Waals surface area contributed by atoms with Gasteiger partial charge in [0.25, 0.3) is 0 Å². The second-order valence-corrected chi connectivity index (χ2v) is 7.22. The van der Waals surface area contributed by atoms with Crippen LogP contribution in [0.3, 0.4) is 0 Å². The van der Waals surface area contributed by atoms with Crippen molar-refractivity contribution in [2.45, 2.75) is 46.3 Å². The summed E-state index contributed by atoms with van der Waals surface area (Å²) >= 11 is 6.54. The van der Waals surface area contributed by atoms with Gasteiger partial charge in [-0.3, -0.25) is 0 Å². The van der Waals surface area contributed by atoms with E-state index in [-0.39, 0.29) is 18.0 Å². The monoisotopic (exact) mass is 389 g/mol. The van der Waals surface area contributed by atoms with Crippen LogP contribution in [0.2, 0.25) is 5.02 Å². The highest BCUT2D eigenvalue weighted by atomic mass is 35.5. The molecule has 2 amide bonds. The van der Waals surface area contributed by atoms with Crippen molar-refractivity contribution in [1.82, 2.24) is 20.2 Å². The van der Waals surface area contributed by atoms with E-state index >= 15 is 0 Å². The number of urea groups is 1. The zero-order valence-electron chi connectivity index (χ0n) is 16.0. The SMILES string of the molecule is CCc1cc(Cl)c(-c2nc(N)nc3c2CN(C(=O)NC(C)C)C3)cc1OC. The highest BCUT2D eigenvalue weighted by Crippen LogP contribution is 2.38. The van der Waals surface area contributed by atoms with Gasteiger partial charge in [-0.25, -0.2) is 14.8 Å². The molecule has 0 aliphatic carbocycles. The predicted molar refractivity (Wildman–Crippen MR) is 106 cm³/mol. The Kier molecular flexibility index (Phi) is 5.41. The fourth-order valence-corrected chi connectivity index (χ4v) is 3.50. The predicted octanol–water partition coefficient (Wildman–Crippen LogP) is 3.38. The number of carbonyl (C=O) groups excluding carboxylic acids is 1. The molecule has 0 unspecified atom stereocenters. The van der Waals surface area contributed by atoms with Gasteiger partial charge in [-0.05, 0) is 38.0 Å². The van der Waals surface area contributed by atoms with Crippen molar-refractivity contribution in [3.8, 4) is 17.0 Å². The Morgan fingerprint density at radius 3 is 2.74 bits per heavy atom. The molecule has 3 rings (SSSR count). The number of anilines is 1. The molecule has 3 N–H and O–H groups in total. The quantitative estimate of drug-likeness (QED) is 0.835. The number of ether oxygens (including phenoxy) is 1. The average Bonchev–Trinajstić information content (AvgIpc) is 3.04. The summed E-state index contributed by atoms with van der Waals surface area (Å²) in [6.07, 6.45) is 0.802. The van der Waals surface area contributed by atoms with Crippen molar-refractivity contribution in [3.05, 3.63) is 34.0 Å². The second-order valence-electron chi connectivity index (χ2n) is 6.81. The van der Waals surface area contributed by atoms with E-state index in [4.69, 9.17) is 22.1 Å². The van der Waals surface area contributed by atoms with Crippen LogP contribution in [-0.2, 0) is 19.5 Å². The molecule has 0 saturated heterocycles. The van der Waals surface area contributed by atoms with Crippen molar-refractivity contribution in [3.63, 3.8) is 0 Å². The van der Waals surface area contributed by atoms with Gasteiger partial charge in [-0.1, -0.05) is 18.5 Å². The normalized spacial score (nSPS) is 13.0. The minimum atomic E-state index is -0.141.